The van der Waals surface area contributed by atoms with E-state index in [1.165, 1.54) is 0 Å². The predicted octanol–water partition coefficient (Wildman–Crippen LogP) is 3.93. The van der Waals surface area contributed by atoms with Crippen molar-refractivity contribution in [3.8, 4) is 0 Å². The Morgan fingerprint density at radius 3 is 2.74 bits per heavy atom. The number of rotatable bonds is 7. The van der Waals surface area contributed by atoms with Crippen LogP contribution in [0.5, 0.6) is 0 Å². The van der Waals surface area contributed by atoms with Crippen LogP contribution in [-0.2, 0) is 10.5 Å². The standard InChI is InChI=1S/C15H17NO2S/c17-15(16-13-6-2-1-3-7-13)9-5-11-19-12-14-8-4-10-18-14/h1-4,6-8,10H,5,9,11-12H2,(H,16,17). The molecule has 0 radical (unpaired) electrons. The zero-order valence-electron chi connectivity index (χ0n) is 10.7. The number of thioether (sulfide) groups is 1. The first-order chi connectivity index (χ1) is 9.34. The van der Waals surface area contributed by atoms with Gasteiger partial charge in [0.15, 0.2) is 0 Å². The molecule has 3 nitrogen and oxygen atoms in total. The second kappa shape index (κ2) is 7.69. The van der Waals surface area contributed by atoms with Crippen molar-refractivity contribution < 1.29 is 9.21 Å². The van der Waals surface area contributed by atoms with Crippen molar-refractivity contribution in [1.82, 2.24) is 0 Å². The van der Waals surface area contributed by atoms with E-state index in [9.17, 15) is 4.79 Å². The zero-order valence-corrected chi connectivity index (χ0v) is 11.5. The number of anilines is 1. The van der Waals surface area contributed by atoms with Gasteiger partial charge >= 0.3 is 0 Å². The second-order valence-electron chi connectivity index (χ2n) is 4.15. The van der Waals surface area contributed by atoms with Gasteiger partial charge in [-0.3, -0.25) is 4.79 Å². The van der Waals surface area contributed by atoms with Gasteiger partial charge in [-0.05, 0) is 36.4 Å². The third-order valence-electron chi connectivity index (χ3n) is 2.57. The fourth-order valence-corrected chi connectivity index (χ4v) is 2.51. The fourth-order valence-electron chi connectivity index (χ4n) is 1.65. The highest BCUT2D eigenvalue weighted by atomic mass is 32.2. The molecular formula is C15H17NO2S. The number of carbonyl (C=O) groups is 1. The summed E-state index contributed by atoms with van der Waals surface area (Å²) >= 11 is 1.79. The maximum atomic E-state index is 11.7. The predicted molar refractivity (Wildman–Crippen MR) is 79.2 cm³/mol. The van der Waals surface area contributed by atoms with Crippen molar-refractivity contribution in [1.29, 1.82) is 0 Å². The highest BCUT2D eigenvalue weighted by Crippen LogP contribution is 2.14. The maximum Gasteiger partial charge on any atom is 0.224 e. The normalized spacial score (nSPS) is 10.3. The molecule has 1 aromatic carbocycles. The minimum atomic E-state index is 0.0739. The van der Waals surface area contributed by atoms with Crippen LogP contribution in [0, 0.1) is 0 Å². The fraction of sp³-hybridized carbons (Fsp3) is 0.267. The van der Waals surface area contributed by atoms with E-state index in [2.05, 4.69) is 5.32 Å². The monoisotopic (exact) mass is 275 g/mol. The van der Waals surface area contributed by atoms with Crippen LogP contribution in [-0.4, -0.2) is 11.7 Å². The van der Waals surface area contributed by atoms with Crippen LogP contribution in [0.15, 0.2) is 53.1 Å². The lowest BCUT2D eigenvalue weighted by atomic mass is 10.3. The average Bonchev–Trinajstić information content (AvgIpc) is 2.92. The topological polar surface area (TPSA) is 42.2 Å². The average molecular weight is 275 g/mol. The Bertz CT molecular complexity index is 482. The van der Waals surface area contributed by atoms with E-state index in [1.807, 2.05) is 42.5 Å². The molecule has 0 saturated carbocycles. The third kappa shape index (κ3) is 5.22. The maximum absolute atomic E-state index is 11.7. The van der Waals surface area contributed by atoms with Crippen molar-refractivity contribution in [3.05, 3.63) is 54.5 Å². The van der Waals surface area contributed by atoms with E-state index < -0.39 is 0 Å². The van der Waals surface area contributed by atoms with Crippen LogP contribution >= 0.6 is 11.8 Å². The molecular weight excluding hydrogens is 258 g/mol. The van der Waals surface area contributed by atoms with Gasteiger partial charge in [-0.1, -0.05) is 18.2 Å². The molecule has 0 fully saturated rings. The summed E-state index contributed by atoms with van der Waals surface area (Å²) in [5.74, 6) is 2.89. The lowest BCUT2D eigenvalue weighted by Crippen LogP contribution is -2.11. The molecule has 0 atom stereocenters. The van der Waals surface area contributed by atoms with Gasteiger partial charge in [0.25, 0.3) is 0 Å². The van der Waals surface area contributed by atoms with Gasteiger partial charge in [0.2, 0.25) is 5.91 Å². The molecule has 2 aromatic rings. The van der Waals surface area contributed by atoms with E-state index in [4.69, 9.17) is 4.42 Å². The lowest BCUT2D eigenvalue weighted by Gasteiger charge is -2.04. The molecule has 0 bridgehead atoms. The molecule has 19 heavy (non-hydrogen) atoms. The molecule has 0 aliphatic heterocycles. The molecule has 0 aliphatic rings. The van der Waals surface area contributed by atoms with Crippen molar-refractivity contribution in [2.24, 2.45) is 0 Å². The number of para-hydroxylation sites is 1. The summed E-state index contributed by atoms with van der Waals surface area (Å²) in [5.41, 5.74) is 0.857. The molecule has 0 saturated heterocycles. The summed E-state index contributed by atoms with van der Waals surface area (Å²) in [4.78, 5) is 11.7. The molecule has 100 valence electrons. The first kappa shape index (κ1) is 13.7. The van der Waals surface area contributed by atoms with E-state index in [0.717, 1.165) is 29.4 Å². The molecule has 2 rings (SSSR count). The third-order valence-corrected chi connectivity index (χ3v) is 3.64. The molecule has 0 spiro atoms. The number of hydrogen-bond donors (Lipinski definition) is 1. The highest BCUT2D eigenvalue weighted by Gasteiger charge is 2.02. The van der Waals surface area contributed by atoms with Crippen LogP contribution in [0.4, 0.5) is 5.69 Å². The molecule has 1 heterocycles. The Labute approximate surface area is 117 Å². The van der Waals surface area contributed by atoms with E-state index in [0.29, 0.717) is 6.42 Å². The number of furan rings is 1. The Morgan fingerprint density at radius 1 is 1.16 bits per heavy atom. The van der Waals surface area contributed by atoms with Crippen LogP contribution in [0.25, 0.3) is 0 Å². The van der Waals surface area contributed by atoms with Crippen molar-refractivity contribution in [3.63, 3.8) is 0 Å². The minimum absolute atomic E-state index is 0.0739. The largest absolute Gasteiger partial charge is 0.468 e. The Balaban J connectivity index is 1.57. The molecule has 1 amide bonds. The molecule has 1 N–H and O–H groups in total. The summed E-state index contributed by atoms with van der Waals surface area (Å²) in [7, 11) is 0. The van der Waals surface area contributed by atoms with Gasteiger partial charge in [0, 0.05) is 12.1 Å². The number of carbonyl (C=O) groups excluding carboxylic acids is 1. The second-order valence-corrected chi connectivity index (χ2v) is 5.25. The SMILES string of the molecule is O=C(CCCSCc1ccco1)Nc1ccccc1. The summed E-state index contributed by atoms with van der Waals surface area (Å²) in [5, 5.41) is 2.88. The number of benzene rings is 1. The van der Waals surface area contributed by atoms with Gasteiger partial charge in [0.1, 0.15) is 5.76 Å². The number of amides is 1. The molecule has 0 unspecified atom stereocenters. The smallest absolute Gasteiger partial charge is 0.224 e. The highest BCUT2D eigenvalue weighted by molar-refractivity contribution is 7.98. The van der Waals surface area contributed by atoms with Gasteiger partial charge in [-0.25, -0.2) is 0 Å². The van der Waals surface area contributed by atoms with Gasteiger partial charge < -0.3 is 9.73 Å². The van der Waals surface area contributed by atoms with Gasteiger partial charge in [-0.2, -0.15) is 11.8 Å². The van der Waals surface area contributed by atoms with E-state index in [-0.39, 0.29) is 5.91 Å². The quantitative estimate of drug-likeness (QED) is 0.778. The van der Waals surface area contributed by atoms with Crippen molar-refractivity contribution >= 4 is 23.4 Å². The lowest BCUT2D eigenvalue weighted by molar-refractivity contribution is -0.116. The summed E-state index contributed by atoms with van der Waals surface area (Å²) in [6, 6.07) is 13.4. The Kier molecular flexibility index (Phi) is 5.56. The molecule has 4 heteroatoms. The number of nitrogens with one attached hydrogen (secondary N) is 1. The van der Waals surface area contributed by atoms with Crippen molar-refractivity contribution in [2.45, 2.75) is 18.6 Å². The van der Waals surface area contributed by atoms with Gasteiger partial charge in [0.05, 0.1) is 12.0 Å². The molecule has 1 aromatic heterocycles. The number of hydrogen-bond acceptors (Lipinski definition) is 3. The van der Waals surface area contributed by atoms with Crippen LogP contribution in [0.2, 0.25) is 0 Å². The van der Waals surface area contributed by atoms with Gasteiger partial charge in [-0.15, -0.1) is 0 Å². The van der Waals surface area contributed by atoms with Crippen LogP contribution in [0.3, 0.4) is 0 Å². The summed E-state index contributed by atoms with van der Waals surface area (Å²) in [6.07, 6.45) is 3.12. The summed E-state index contributed by atoms with van der Waals surface area (Å²) < 4.78 is 5.24. The first-order valence-corrected chi connectivity index (χ1v) is 7.45. The van der Waals surface area contributed by atoms with Crippen molar-refractivity contribution in [2.75, 3.05) is 11.1 Å². The Morgan fingerprint density at radius 2 is 2.00 bits per heavy atom. The molecule has 0 aliphatic carbocycles. The Hall–Kier alpha value is -1.68. The first-order valence-electron chi connectivity index (χ1n) is 6.29. The minimum Gasteiger partial charge on any atom is -0.468 e. The zero-order chi connectivity index (χ0) is 13.3. The van der Waals surface area contributed by atoms with Crippen LogP contribution in [0.1, 0.15) is 18.6 Å². The van der Waals surface area contributed by atoms with E-state index in [1.54, 1.807) is 18.0 Å². The van der Waals surface area contributed by atoms with Crippen LogP contribution < -0.4 is 5.32 Å². The van der Waals surface area contributed by atoms with E-state index >= 15 is 0 Å². The summed E-state index contributed by atoms with van der Waals surface area (Å²) in [6.45, 7) is 0.